The van der Waals surface area contributed by atoms with E-state index in [9.17, 15) is 4.79 Å². The molecule has 21 heavy (non-hydrogen) atoms. The van der Waals surface area contributed by atoms with E-state index in [-0.39, 0.29) is 12.3 Å². The molecule has 5 nitrogen and oxygen atoms in total. The van der Waals surface area contributed by atoms with Crippen LogP contribution < -0.4 is 5.32 Å². The molecule has 0 bridgehead atoms. The van der Waals surface area contributed by atoms with Crippen LogP contribution in [0.25, 0.3) is 22.5 Å². The maximum Gasteiger partial charge on any atom is 0.230 e. The van der Waals surface area contributed by atoms with Crippen molar-refractivity contribution >= 4 is 11.6 Å². The molecule has 0 saturated heterocycles. The molecule has 0 atom stereocenters. The van der Waals surface area contributed by atoms with Gasteiger partial charge in [-0.25, -0.2) is 0 Å². The van der Waals surface area contributed by atoms with Crippen LogP contribution in [0.15, 0.2) is 48.7 Å². The lowest BCUT2D eigenvalue weighted by molar-refractivity contribution is -0.115. The fourth-order valence-corrected chi connectivity index (χ4v) is 2.63. The molecule has 0 radical (unpaired) electrons. The molecular weight excluding hydrogens is 264 g/mol. The molecule has 0 spiro atoms. The average molecular weight is 276 g/mol. The number of carbonyl (C=O) groups is 1. The van der Waals surface area contributed by atoms with Gasteiger partial charge in [-0.3, -0.25) is 14.9 Å². The summed E-state index contributed by atoms with van der Waals surface area (Å²) in [7, 11) is 0. The molecule has 3 aromatic rings. The Bertz CT molecular complexity index is 823. The summed E-state index contributed by atoms with van der Waals surface area (Å²) in [4.78, 5) is 16.4. The van der Waals surface area contributed by atoms with Gasteiger partial charge in [0.15, 0.2) is 0 Å². The number of aromatic amines is 1. The number of H-pyrrole nitrogens is 1. The second kappa shape index (κ2) is 4.56. The first-order valence-electron chi connectivity index (χ1n) is 6.71. The molecule has 4 rings (SSSR count). The summed E-state index contributed by atoms with van der Waals surface area (Å²) in [6, 6.07) is 13.6. The number of hydrogen-bond donors (Lipinski definition) is 2. The van der Waals surface area contributed by atoms with Crippen molar-refractivity contribution < 1.29 is 4.79 Å². The second-order valence-corrected chi connectivity index (χ2v) is 4.92. The summed E-state index contributed by atoms with van der Waals surface area (Å²) in [5.41, 5.74) is 4.99. The zero-order chi connectivity index (χ0) is 14.2. The third-order valence-electron chi connectivity index (χ3n) is 3.54. The maximum absolute atomic E-state index is 12.0. The van der Waals surface area contributed by atoms with Gasteiger partial charge in [-0.05, 0) is 12.1 Å². The number of anilines is 1. The number of fused-ring (bicyclic) bond motifs is 3. The smallest absolute Gasteiger partial charge is 0.230 e. The number of pyridine rings is 1. The summed E-state index contributed by atoms with van der Waals surface area (Å²) >= 11 is 0. The van der Waals surface area contributed by atoms with E-state index in [0.717, 1.165) is 33.9 Å². The standard InChI is InChI=1S/C16H12N4O/c21-13-9-12-14(16-11(18-13)7-4-8-17-16)15(20-19-12)10-5-2-1-3-6-10/h1-8H,9H2,(H,18,21)(H,19,20). The van der Waals surface area contributed by atoms with Gasteiger partial charge in [0.2, 0.25) is 5.91 Å². The molecule has 0 fully saturated rings. The van der Waals surface area contributed by atoms with Crippen LogP contribution in [-0.2, 0) is 11.2 Å². The van der Waals surface area contributed by atoms with Crippen molar-refractivity contribution in [2.75, 3.05) is 5.32 Å². The van der Waals surface area contributed by atoms with Crippen LogP contribution in [0.5, 0.6) is 0 Å². The van der Waals surface area contributed by atoms with Gasteiger partial charge in [-0.15, -0.1) is 0 Å². The van der Waals surface area contributed by atoms with Crippen LogP contribution in [-0.4, -0.2) is 21.1 Å². The van der Waals surface area contributed by atoms with Gasteiger partial charge >= 0.3 is 0 Å². The van der Waals surface area contributed by atoms with Crippen molar-refractivity contribution in [3.05, 3.63) is 54.4 Å². The Labute approximate surface area is 121 Å². The lowest BCUT2D eigenvalue weighted by Crippen LogP contribution is -2.13. The largest absolute Gasteiger partial charge is 0.324 e. The minimum absolute atomic E-state index is 0.0636. The Morgan fingerprint density at radius 1 is 1.00 bits per heavy atom. The Morgan fingerprint density at radius 2 is 1.86 bits per heavy atom. The minimum Gasteiger partial charge on any atom is -0.324 e. The molecule has 0 unspecified atom stereocenters. The van der Waals surface area contributed by atoms with Crippen LogP contribution in [0.3, 0.4) is 0 Å². The van der Waals surface area contributed by atoms with Gasteiger partial charge in [0.25, 0.3) is 0 Å². The number of hydrogen-bond acceptors (Lipinski definition) is 3. The highest BCUT2D eigenvalue weighted by molar-refractivity contribution is 6.01. The molecule has 0 saturated carbocycles. The van der Waals surface area contributed by atoms with E-state index in [2.05, 4.69) is 20.5 Å². The first kappa shape index (κ1) is 11.8. The van der Waals surface area contributed by atoms with Crippen molar-refractivity contribution in [2.45, 2.75) is 6.42 Å². The summed E-state index contributed by atoms with van der Waals surface area (Å²) in [6.45, 7) is 0. The van der Waals surface area contributed by atoms with Gasteiger partial charge in [-0.2, -0.15) is 5.10 Å². The normalized spacial score (nSPS) is 13.0. The molecule has 0 aliphatic carbocycles. The monoisotopic (exact) mass is 276 g/mol. The Kier molecular flexibility index (Phi) is 2.57. The molecule has 1 aliphatic heterocycles. The first-order valence-corrected chi connectivity index (χ1v) is 6.71. The summed E-state index contributed by atoms with van der Waals surface area (Å²) in [6.07, 6.45) is 1.99. The van der Waals surface area contributed by atoms with E-state index < -0.39 is 0 Å². The molecule has 102 valence electrons. The molecule has 3 heterocycles. The number of carbonyl (C=O) groups excluding carboxylic acids is 1. The Balaban J connectivity index is 2.00. The molecule has 1 aliphatic rings. The van der Waals surface area contributed by atoms with Gasteiger partial charge in [-0.1, -0.05) is 30.3 Å². The molecule has 2 N–H and O–H groups in total. The highest BCUT2D eigenvalue weighted by Crippen LogP contribution is 2.37. The van der Waals surface area contributed by atoms with Crippen LogP contribution in [0, 0.1) is 0 Å². The number of benzene rings is 1. The molecule has 2 aromatic heterocycles. The van der Waals surface area contributed by atoms with Crippen LogP contribution in [0.4, 0.5) is 5.69 Å². The van der Waals surface area contributed by atoms with Crippen LogP contribution in [0.1, 0.15) is 5.69 Å². The lowest BCUT2D eigenvalue weighted by Gasteiger charge is -2.07. The number of nitrogens with one attached hydrogen (secondary N) is 2. The number of rotatable bonds is 1. The van der Waals surface area contributed by atoms with Crippen molar-refractivity contribution in [2.24, 2.45) is 0 Å². The predicted octanol–water partition coefficient (Wildman–Crippen LogP) is 2.63. The highest BCUT2D eigenvalue weighted by atomic mass is 16.1. The van der Waals surface area contributed by atoms with Crippen LogP contribution >= 0.6 is 0 Å². The lowest BCUT2D eigenvalue weighted by atomic mass is 10.0. The van der Waals surface area contributed by atoms with Crippen molar-refractivity contribution in [1.29, 1.82) is 0 Å². The summed E-state index contributed by atoms with van der Waals surface area (Å²) in [5, 5.41) is 10.3. The maximum atomic E-state index is 12.0. The predicted molar refractivity (Wildman–Crippen MR) is 79.6 cm³/mol. The second-order valence-electron chi connectivity index (χ2n) is 4.92. The number of nitrogens with zero attached hydrogens (tertiary/aromatic N) is 2. The van der Waals surface area contributed by atoms with E-state index in [1.165, 1.54) is 0 Å². The Hall–Kier alpha value is -2.95. The van der Waals surface area contributed by atoms with E-state index >= 15 is 0 Å². The summed E-state index contributed by atoms with van der Waals surface area (Å²) in [5.74, 6) is -0.0636. The average Bonchev–Trinajstić information content (AvgIpc) is 2.86. The van der Waals surface area contributed by atoms with Crippen LogP contribution in [0.2, 0.25) is 0 Å². The molecule has 1 aromatic carbocycles. The van der Waals surface area contributed by atoms with Gasteiger partial charge in [0, 0.05) is 11.8 Å². The topological polar surface area (TPSA) is 70.7 Å². The molecular formula is C16H12N4O. The Morgan fingerprint density at radius 3 is 2.71 bits per heavy atom. The fraction of sp³-hybridized carbons (Fsp3) is 0.0625. The fourth-order valence-electron chi connectivity index (χ4n) is 2.63. The zero-order valence-corrected chi connectivity index (χ0v) is 11.1. The van der Waals surface area contributed by atoms with E-state index in [1.54, 1.807) is 6.20 Å². The van der Waals surface area contributed by atoms with Gasteiger partial charge in [0.05, 0.1) is 29.1 Å². The SMILES string of the molecule is O=C1Cc2[nH]nc(-c3ccccc3)c2-c2ncccc2N1. The van der Waals surface area contributed by atoms with Gasteiger partial charge < -0.3 is 5.32 Å². The quantitative estimate of drug-likeness (QED) is 0.717. The molecule has 5 heteroatoms. The zero-order valence-electron chi connectivity index (χ0n) is 11.1. The first-order chi connectivity index (χ1) is 10.3. The van der Waals surface area contributed by atoms with Crippen molar-refractivity contribution in [3.8, 4) is 22.5 Å². The van der Waals surface area contributed by atoms with Crippen molar-refractivity contribution in [3.63, 3.8) is 0 Å². The van der Waals surface area contributed by atoms with Crippen molar-refractivity contribution in [1.82, 2.24) is 15.2 Å². The third-order valence-corrected chi connectivity index (χ3v) is 3.54. The minimum atomic E-state index is -0.0636. The van der Waals surface area contributed by atoms with Gasteiger partial charge in [0.1, 0.15) is 5.69 Å². The van der Waals surface area contributed by atoms with E-state index in [4.69, 9.17) is 0 Å². The molecule has 1 amide bonds. The van der Waals surface area contributed by atoms with E-state index in [1.807, 2.05) is 42.5 Å². The number of amides is 1. The third kappa shape index (κ3) is 1.90. The van der Waals surface area contributed by atoms with E-state index in [0.29, 0.717) is 0 Å². The summed E-state index contributed by atoms with van der Waals surface area (Å²) < 4.78 is 0. The number of aromatic nitrogens is 3. The highest BCUT2D eigenvalue weighted by Gasteiger charge is 2.25.